The van der Waals surface area contributed by atoms with Gasteiger partial charge in [0.25, 0.3) is 0 Å². The molecule has 1 aliphatic carbocycles. The number of carbonyl (C=O) groups is 2. The van der Waals surface area contributed by atoms with Crippen LogP contribution in [0.25, 0.3) is 10.8 Å². The van der Waals surface area contributed by atoms with Crippen LogP contribution in [0, 0.1) is 5.92 Å². The molecule has 0 atom stereocenters. The SMILES string of the molecule is CCCNC(=O)NCCc1cc(C(=O)C2CC2)cc2ccc(O)cc12. The summed E-state index contributed by atoms with van der Waals surface area (Å²) in [5.41, 5.74) is 1.69. The maximum absolute atomic E-state index is 12.4. The lowest BCUT2D eigenvalue weighted by Crippen LogP contribution is -2.36. The van der Waals surface area contributed by atoms with Crippen LogP contribution in [0.2, 0.25) is 0 Å². The molecule has 2 aromatic rings. The largest absolute Gasteiger partial charge is 0.508 e. The average molecular weight is 340 g/mol. The minimum Gasteiger partial charge on any atom is -0.508 e. The lowest BCUT2D eigenvalue weighted by molar-refractivity contribution is 0.0967. The number of rotatable bonds is 7. The molecule has 0 unspecified atom stereocenters. The molecule has 0 spiro atoms. The number of hydrogen-bond donors (Lipinski definition) is 3. The van der Waals surface area contributed by atoms with E-state index in [4.69, 9.17) is 0 Å². The van der Waals surface area contributed by atoms with E-state index in [-0.39, 0.29) is 23.5 Å². The average Bonchev–Trinajstić information content (AvgIpc) is 3.44. The van der Waals surface area contributed by atoms with Crippen LogP contribution in [0.15, 0.2) is 30.3 Å². The number of Topliss-reactive ketones (excluding diaryl/α,β-unsaturated/α-hetero) is 1. The zero-order valence-corrected chi connectivity index (χ0v) is 14.5. The Balaban J connectivity index is 1.80. The topological polar surface area (TPSA) is 78.4 Å². The quantitative estimate of drug-likeness (QED) is 0.676. The molecule has 1 saturated carbocycles. The van der Waals surface area contributed by atoms with Crippen LogP contribution in [0.3, 0.4) is 0 Å². The molecule has 0 aromatic heterocycles. The number of nitrogens with one attached hydrogen (secondary N) is 2. The van der Waals surface area contributed by atoms with Crippen molar-refractivity contribution in [3.05, 3.63) is 41.5 Å². The van der Waals surface area contributed by atoms with Crippen LogP contribution in [0.4, 0.5) is 4.79 Å². The first-order valence-corrected chi connectivity index (χ1v) is 8.90. The normalized spacial score (nSPS) is 13.6. The Hall–Kier alpha value is -2.56. The fourth-order valence-electron chi connectivity index (χ4n) is 2.96. The number of fused-ring (bicyclic) bond motifs is 1. The summed E-state index contributed by atoms with van der Waals surface area (Å²) in [4.78, 5) is 24.1. The molecule has 3 N–H and O–H groups in total. The van der Waals surface area contributed by atoms with Gasteiger partial charge in [-0.3, -0.25) is 4.79 Å². The minimum atomic E-state index is -0.181. The Labute approximate surface area is 147 Å². The van der Waals surface area contributed by atoms with Gasteiger partial charge in [0.1, 0.15) is 5.75 Å². The van der Waals surface area contributed by atoms with Gasteiger partial charge >= 0.3 is 6.03 Å². The Kier molecular flexibility index (Phi) is 5.22. The molecule has 3 rings (SSSR count). The third-order valence-electron chi connectivity index (χ3n) is 4.47. The molecule has 5 nitrogen and oxygen atoms in total. The highest BCUT2D eigenvalue weighted by molar-refractivity contribution is 6.03. The van der Waals surface area contributed by atoms with E-state index in [1.807, 2.05) is 25.1 Å². The van der Waals surface area contributed by atoms with Gasteiger partial charge in [-0.2, -0.15) is 0 Å². The van der Waals surface area contributed by atoms with Crippen molar-refractivity contribution in [3.8, 4) is 5.75 Å². The number of benzene rings is 2. The maximum atomic E-state index is 12.4. The third-order valence-corrected chi connectivity index (χ3v) is 4.47. The van der Waals surface area contributed by atoms with Crippen LogP contribution in [0.1, 0.15) is 42.1 Å². The lowest BCUT2D eigenvalue weighted by Gasteiger charge is -2.12. The second kappa shape index (κ2) is 7.55. The van der Waals surface area contributed by atoms with Crippen molar-refractivity contribution in [3.63, 3.8) is 0 Å². The zero-order valence-electron chi connectivity index (χ0n) is 14.5. The van der Waals surface area contributed by atoms with E-state index in [1.165, 1.54) is 0 Å². The van der Waals surface area contributed by atoms with Gasteiger partial charge in [0.15, 0.2) is 5.78 Å². The number of aromatic hydroxyl groups is 1. The zero-order chi connectivity index (χ0) is 17.8. The number of ketones is 1. The molecule has 1 fully saturated rings. The van der Waals surface area contributed by atoms with Gasteiger partial charge in [0.2, 0.25) is 0 Å². The lowest BCUT2D eigenvalue weighted by atomic mass is 9.95. The van der Waals surface area contributed by atoms with Crippen molar-refractivity contribution in [2.75, 3.05) is 13.1 Å². The second-order valence-electron chi connectivity index (χ2n) is 6.61. The van der Waals surface area contributed by atoms with E-state index < -0.39 is 0 Å². The fraction of sp³-hybridized carbons (Fsp3) is 0.400. The molecule has 2 aromatic carbocycles. The van der Waals surface area contributed by atoms with Crippen molar-refractivity contribution < 1.29 is 14.7 Å². The summed E-state index contributed by atoms with van der Waals surface area (Å²) < 4.78 is 0. The second-order valence-corrected chi connectivity index (χ2v) is 6.61. The van der Waals surface area contributed by atoms with Crippen LogP contribution in [-0.4, -0.2) is 30.0 Å². The summed E-state index contributed by atoms with van der Waals surface area (Å²) in [6, 6.07) is 8.81. The Morgan fingerprint density at radius 2 is 1.88 bits per heavy atom. The first-order chi connectivity index (χ1) is 12.1. The van der Waals surface area contributed by atoms with E-state index in [2.05, 4.69) is 10.6 Å². The van der Waals surface area contributed by atoms with Gasteiger partial charge in [0, 0.05) is 24.6 Å². The summed E-state index contributed by atoms with van der Waals surface area (Å²) in [6.45, 7) is 3.12. The van der Waals surface area contributed by atoms with Gasteiger partial charge in [-0.25, -0.2) is 4.79 Å². The van der Waals surface area contributed by atoms with E-state index in [9.17, 15) is 14.7 Å². The fourth-order valence-corrected chi connectivity index (χ4v) is 2.96. The highest BCUT2D eigenvalue weighted by Gasteiger charge is 2.30. The van der Waals surface area contributed by atoms with E-state index in [1.54, 1.807) is 12.1 Å². The first-order valence-electron chi connectivity index (χ1n) is 8.90. The van der Waals surface area contributed by atoms with Crippen LogP contribution >= 0.6 is 0 Å². The van der Waals surface area contributed by atoms with Crippen molar-refractivity contribution in [1.29, 1.82) is 0 Å². The minimum absolute atomic E-state index is 0.167. The highest BCUT2D eigenvalue weighted by Crippen LogP contribution is 2.34. The monoisotopic (exact) mass is 340 g/mol. The molecule has 0 heterocycles. The Morgan fingerprint density at radius 1 is 1.12 bits per heavy atom. The number of urea groups is 1. The van der Waals surface area contributed by atoms with E-state index in [0.717, 1.165) is 41.2 Å². The van der Waals surface area contributed by atoms with Gasteiger partial charge in [-0.1, -0.05) is 13.0 Å². The number of hydrogen-bond acceptors (Lipinski definition) is 3. The van der Waals surface area contributed by atoms with Crippen molar-refractivity contribution in [1.82, 2.24) is 10.6 Å². The highest BCUT2D eigenvalue weighted by atomic mass is 16.3. The molecular formula is C20H24N2O3. The van der Waals surface area contributed by atoms with E-state index in [0.29, 0.717) is 19.5 Å². The summed E-state index contributed by atoms with van der Waals surface area (Å²) in [5.74, 6) is 0.564. The molecule has 2 amide bonds. The van der Waals surface area contributed by atoms with Crippen molar-refractivity contribution >= 4 is 22.6 Å². The van der Waals surface area contributed by atoms with Gasteiger partial charge in [-0.05, 0) is 66.3 Å². The standard InChI is InChI=1S/C20H24N2O3/c1-2-8-21-20(25)22-9-7-15-11-16(19(24)13-3-4-13)10-14-5-6-17(23)12-18(14)15/h5-6,10-13,23H,2-4,7-9H2,1H3,(H2,21,22,25). The van der Waals surface area contributed by atoms with Gasteiger partial charge in [0.05, 0.1) is 0 Å². The summed E-state index contributed by atoms with van der Waals surface area (Å²) >= 11 is 0. The molecule has 25 heavy (non-hydrogen) atoms. The molecule has 0 aliphatic heterocycles. The molecule has 1 aliphatic rings. The summed E-state index contributed by atoms with van der Waals surface area (Å²) in [5, 5.41) is 17.3. The Morgan fingerprint density at radius 3 is 2.60 bits per heavy atom. The third kappa shape index (κ3) is 4.29. The van der Waals surface area contributed by atoms with Gasteiger partial charge < -0.3 is 15.7 Å². The number of carbonyl (C=O) groups excluding carboxylic acids is 2. The molecular weight excluding hydrogens is 316 g/mol. The van der Waals surface area contributed by atoms with Gasteiger partial charge in [-0.15, -0.1) is 0 Å². The predicted octanol–water partition coefficient (Wildman–Crippen LogP) is 3.39. The number of phenolic OH excluding ortho intramolecular Hbond substituents is 1. The van der Waals surface area contributed by atoms with Crippen molar-refractivity contribution in [2.45, 2.75) is 32.6 Å². The first kappa shape index (κ1) is 17.3. The smallest absolute Gasteiger partial charge is 0.314 e. The van der Waals surface area contributed by atoms with Crippen molar-refractivity contribution in [2.24, 2.45) is 5.92 Å². The summed E-state index contributed by atoms with van der Waals surface area (Å²) in [7, 11) is 0. The molecule has 132 valence electrons. The molecule has 5 heteroatoms. The molecule has 0 saturated heterocycles. The number of amides is 2. The summed E-state index contributed by atoms with van der Waals surface area (Å²) in [6.07, 6.45) is 3.44. The predicted molar refractivity (Wildman–Crippen MR) is 98.1 cm³/mol. The molecule has 0 radical (unpaired) electrons. The van der Waals surface area contributed by atoms with Crippen LogP contribution in [0.5, 0.6) is 5.75 Å². The van der Waals surface area contributed by atoms with E-state index >= 15 is 0 Å². The van der Waals surface area contributed by atoms with Crippen LogP contribution in [-0.2, 0) is 6.42 Å². The maximum Gasteiger partial charge on any atom is 0.314 e. The number of phenols is 1. The van der Waals surface area contributed by atoms with Crippen LogP contribution < -0.4 is 10.6 Å². The Bertz CT molecular complexity index is 797. The molecule has 0 bridgehead atoms.